The fraction of sp³-hybridized carbons (Fsp3) is 0.261. The lowest BCUT2D eigenvalue weighted by Crippen LogP contribution is -2.30. The van der Waals surface area contributed by atoms with Crippen LogP contribution in [0.15, 0.2) is 59.1 Å². The molecular weight excluding hydrogens is 384 g/mol. The molecule has 30 heavy (non-hydrogen) atoms. The molecule has 0 aliphatic heterocycles. The predicted octanol–water partition coefficient (Wildman–Crippen LogP) is 3.69. The lowest BCUT2D eigenvalue weighted by molar-refractivity contribution is -0.133. The van der Waals surface area contributed by atoms with Gasteiger partial charge in [-0.05, 0) is 37.6 Å². The number of carbonyl (C=O) groups excluding carboxylic acids is 2. The van der Waals surface area contributed by atoms with E-state index < -0.39 is 5.97 Å². The molecule has 0 bridgehead atoms. The summed E-state index contributed by atoms with van der Waals surface area (Å²) < 4.78 is 16.0. The van der Waals surface area contributed by atoms with Gasteiger partial charge in [-0.15, -0.1) is 0 Å². The molecule has 3 aromatic rings. The molecule has 0 spiro atoms. The molecule has 1 heterocycles. The Labute approximate surface area is 175 Å². The van der Waals surface area contributed by atoms with Crippen LogP contribution in [0, 0.1) is 13.8 Å². The van der Waals surface area contributed by atoms with E-state index >= 15 is 0 Å². The SMILES string of the molecule is Cc1noc(C)c1COc1cccc(C(=O)OCC(=O)N(C)Cc2ccccc2)c1. The summed E-state index contributed by atoms with van der Waals surface area (Å²) in [6.45, 7) is 4.06. The second-order valence-electron chi connectivity index (χ2n) is 6.93. The highest BCUT2D eigenvalue weighted by atomic mass is 16.5. The topological polar surface area (TPSA) is 81.9 Å². The second kappa shape index (κ2) is 9.73. The lowest BCUT2D eigenvalue weighted by Gasteiger charge is -2.17. The van der Waals surface area contributed by atoms with Crippen molar-refractivity contribution < 1.29 is 23.6 Å². The van der Waals surface area contributed by atoms with Crippen LogP contribution in [0.3, 0.4) is 0 Å². The molecule has 0 aliphatic carbocycles. The van der Waals surface area contributed by atoms with Gasteiger partial charge in [0.25, 0.3) is 5.91 Å². The zero-order valence-electron chi connectivity index (χ0n) is 17.3. The molecule has 3 rings (SSSR count). The van der Waals surface area contributed by atoms with Gasteiger partial charge in [0.1, 0.15) is 18.1 Å². The minimum Gasteiger partial charge on any atom is -0.489 e. The van der Waals surface area contributed by atoms with Crippen molar-refractivity contribution in [1.82, 2.24) is 10.1 Å². The first-order chi connectivity index (χ1) is 14.4. The average molecular weight is 408 g/mol. The number of rotatable bonds is 8. The maximum absolute atomic E-state index is 12.3. The molecular formula is C23H24N2O5. The number of esters is 1. The number of benzene rings is 2. The third kappa shape index (κ3) is 5.47. The first-order valence-electron chi connectivity index (χ1n) is 9.53. The molecule has 0 saturated carbocycles. The molecule has 0 saturated heterocycles. The molecule has 0 fully saturated rings. The van der Waals surface area contributed by atoms with E-state index in [-0.39, 0.29) is 19.1 Å². The predicted molar refractivity (Wildman–Crippen MR) is 110 cm³/mol. The van der Waals surface area contributed by atoms with E-state index in [9.17, 15) is 9.59 Å². The molecule has 2 aromatic carbocycles. The fourth-order valence-corrected chi connectivity index (χ4v) is 2.84. The highest BCUT2D eigenvalue weighted by Crippen LogP contribution is 2.19. The minimum atomic E-state index is -0.584. The zero-order valence-corrected chi connectivity index (χ0v) is 17.3. The number of likely N-dealkylation sites (N-methyl/N-ethyl adjacent to an activating group) is 1. The molecule has 156 valence electrons. The molecule has 1 aromatic heterocycles. The number of carbonyl (C=O) groups is 2. The highest BCUT2D eigenvalue weighted by molar-refractivity contribution is 5.91. The largest absolute Gasteiger partial charge is 0.489 e. The Hall–Kier alpha value is -3.61. The number of amides is 1. The molecule has 7 nitrogen and oxygen atoms in total. The fourth-order valence-electron chi connectivity index (χ4n) is 2.84. The summed E-state index contributed by atoms with van der Waals surface area (Å²) in [4.78, 5) is 26.1. The van der Waals surface area contributed by atoms with E-state index in [1.54, 1.807) is 31.3 Å². The van der Waals surface area contributed by atoms with Gasteiger partial charge in [-0.25, -0.2) is 4.79 Å². The van der Waals surface area contributed by atoms with Crippen LogP contribution in [0.4, 0.5) is 0 Å². The Kier molecular flexibility index (Phi) is 6.85. The molecule has 1 amide bonds. The number of hydrogen-bond donors (Lipinski definition) is 0. The lowest BCUT2D eigenvalue weighted by atomic mass is 10.2. The van der Waals surface area contributed by atoms with E-state index in [0.29, 0.717) is 23.6 Å². The van der Waals surface area contributed by atoms with Crippen LogP contribution < -0.4 is 4.74 Å². The van der Waals surface area contributed by atoms with Crippen molar-refractivity contribution >= 4 is 11.9 Å². The summed E-state index contributed by atoms with van der Waals surface area (Å²) in [5.74, 6) is 0.343. The van der Waals surface area contributed by atoms with Crippen molar-refractivity contribution in [2.24, 2.45) is 0 Å². The number of ether oxygens (including phenoxy) is 2. The van der Waals surface area contributed by atoms with Crippen LogP contribution >= 0.6 is 0 Å². The standard InChI is InChI=1S/C23H24N2O5/c1-16-21(17(2)30-24-16)14-28-20-11-7-10-19(12-20)23(27)29-15-22(26)25(3)13-18-8-5-4-6-9-18/h4-12H,13-15H2,1-3H3. The van der Waals surface area contributed by atoms with Crippen LogP contribution in [0.1, 0.15) is 32.9 Å². The summed E-state index contributed by atoms with van der Waals surface area (Å²) in [6.07, 6.45) is 0. The quantitative estimate of drug-likeness (QED) is 0.529. The molecule has 0 radical (unpaired) electrons. The van der Waals surface area contributed by atoms with Crippen molar-refractivity contribution in [3.63, 3.8) is 0 Å². The first-order valence-corrected chi connectivity index (χ1v) is 9.53. The number of hydrogen-bond acceptors (Lipinski definition) is 6. The van der Waals surface area contributed by atoms with Gasteiger partial charge in [0, 0.05) is 13.6 Å². The van der Waals surface area contributed by atoms with E-state index in [0.717, 1.165) is 16.8 Å². The number of aryl methyl sites for hydroxylation is 2. The summed E-state index contributed by atoms with van der Waals surface area (Å²) in [5.41, 5.74) is 2.95. The summed E-state index contributed by atoms with van der Waals surface area (Å²) in [6, 6.07) is 16.2. The van der Waals surface area contributed by atoms with Crippen LogP contribution in [0.25, 0.3) is 0 Å². The molecule has 0 unspecified atom stereocenters. The van der Waals surface area contributed by atoms with Crippen molar-refractivity contribution in [2.75, 3.05) is 13.7 Å². The minimum absolute atomic E-state index is 0.280. The molecule has 7 heteroatoms. The van der Waals surface area contributed by atoms with E-state index in [2.05, 4.69) is 5.16 Å². The molecule has 0 N–H and O–H groups in total. The third-order valence-electron chi connectivity index (χ3n) is 4.65. The van der Waals surface area contributed by atoms with Gasteiger partial charge in [-0.3, -0.25) is 4.79 Å². The Morgan fingerprint density at radius 3 is 2.53 bits per heavy atom. The maximum atomic E-state index is 12.3. The molecule has 0 aliphatic rings. The Balaban J connectivity index is 1.52. The van der Waals surface area contributed by atoms with Crippen LogP contribution in [0.2, 0.25) is 0 Å². The second-order valence-corrected chi connectivity index (χ2v) is 6.93. The number of aromatic nitrogens is 1. The summed E-state index contributed by atoms with van der Waals surface area (Å²) >= 11 is 0. The monoisotopic (exact) mass is 408 g/mol. The van der Waals surface area contributed by atoms with E-state index in [4.69, 9.17) is 14.0 Å². The van der Waals surface area contributed by atoms with Gasteiger partial charge >= 0.3 is 5.97 Å². The zero-order chi connectivity index (χ0) is 21.5. The van der Waals surface area contributed by atoms with Crippen molar-refractivity contribution in [3.05, 3.63) is 82.7 Å². The van der Waals surface area contributed by atoms with Gasteiger partial charge in [-0.1, -0.05) is 41.6 Å². The van der Waals surface area contributed by atoms with Crippen LogP contribution in [-0.2, 0) is 22.7 Å². The average Bonchev–Trinajstić information content (AvgIpc) is 3.08. The van der Waals surface area contributed by atoms with Crippen LogP contribution in [-0.4, -0.2) is 35.6 Å². The Morgan fingerprint density at radius 2 is 1.83 bits per heavy atom. The smallest absolute Gasteiger partial charge is 0.338 e. The van der Waals surface area contributed by atoms with Crippen molar-refractivity contribution in [2.45, 2.75) is 27.0 Å². The van der Waals surface area contributed by atoms with Gasteiger partial charge in [-0.2, -0.15) is 0 Å². The van der Waals surface area contributed by atoms with Gasteiger partial charge in [0.05, 0.1) is 16.8 Å². The maximum Gasteiger partial charge on any atom is 0.338 e. The number of nitrogens with zero attached hydrogens (tertiary/aromatic N) is 2. The van der Waals surface area contributed by atoms with Crippen LogP contribution in [0.5, 0.6) is 5.75 Å². The third-order valence-corrected chi connectivity index (χ3v) is 4.65. The normalized spacial score (nSPS) is 10.5. The first kappa shape index (κ1) is 21.1. The summed E-state index contributed by atoms with van der Waals surface area (Å²) in [7, 11) is 1.67. The van der Waals surface area contributed by atoms with Gasteiger partial charge in [0.15, 0.2) is 6.61 Å². The van der Waals surface area contributed by atoms with E-state index in [1.165, 1.54) is 4.90 Å². The van der Waals surface area contributed by atoms with Gasteiger partial charge < -0.3 is 18.9 Å². The van der Waals surface area contributed by atoms with E-state index in [1.807, 2.05) is 44.2 Å². The van der Waals surface area contributed by atoms with Gasteiger partial charge in [0.2, 0.25) is 0 Å². The summed E-state index contributed by atoms with van der Waals surface area (Å²) in [5, 5.41) is 3.89. The highest BCUT2D eigenvalue weighted by Gasteiger charge is 2.15. The van der Waals surface area contributed by atoms with Crippen molar-refractivity contribution in [3.8, 4) is 5.75 Å². The Morgan fingerprint density at radius 1 is 1.07 bits per heavy atom. The Bertz CT molecular complexity index is 994. The molecule has 0 atom stereocenters. The van der Waals surface area contributed by atoms with Crippen molar-refractivity contribution in [1.29, 1.82) is 0 Å².